The first-order valence-corrected chi connectivity index (χ1v) is 10.8. The van der Waals surface area contributed by atoms with E-state index in [0.717, 1.165) is 22.5 Å². The first-order valence-electron chi connectivity index (χ1n) is 10.00. The third kappa shape index (κ3) is 4.95. The number of anilines is 1. The van der Waals surface area contributed by atoms with Crippen LogP contribution in [-0.4, -0.2) is 49.8 Å². The van der Waals surface area contributed by atoms with Gasteiger partial charge < -0.3 is 14.4 Å². The molecule has 1 aromatic heterocycles. The van der Waals surface area contributed by atoms with Crippen LogP contribution in [0, 0.1) is 0 Å². The number of hydrogen-bond donors (Lipinski definition) is 0. The molecule has 1 aliphatic rings. The van der Waals surface area contributed by atoms with Crippen molar-refractivity contribution < 1.29 is 14.3 Å². The third-order valence-electron chi connectivity index (χ3n) is 5.12. The van der Waals surface area contributed by atoms with E-state index in [-0.39, 0.29) is 30.5 Å². The number of halogens is 1. The standard InChI is InChI=1S/C23H27N3O3S.ClH/c1-23(2,3)16-8-6-15(7-9-16)21(27)26(11-10-25(4)5)22-24-17-12-18-19(29-14-28-18)13-20(17)30-22;/h6-9,12-13H,10-11,14H2,1-5H3;1H. The molecule has 3 aromatic rings. The number of rotatable bonds is 5. The minimum absolute atomic E-state index is 0. The van der Waals surface area contributed by atoms with Gasteiger partial charge in [0, 0.05) is 30.8 Å². The highest BCUT2D eigenvalue weighted by Gasteiger charge is 2.24. The SMILES string of the molecule is CN(C)CCN(C(=O)c1ccc(C(C)(C)C)cc1)c1nc2cc3c(cc2s1)OCO3.Cl. The van der Waals surface area contributed by atoms with E-state index in [1.807, 2.05) is 50.5 Å². The highest BCUT2D eigenvalue weighted by Crippen LogP contribution is 2.40. The summed E-state index contributed by atoms with van der Waals surface area (Å²) in [5.74, 6) is 1.38. The summed E-state index contributed by atoms with van der Waals surface area (Å²) in [5.41, 5.74) is 2.72. The molecule has 8 heteroatoms. The molecule has 0 saturated heterocycles. The lowest BCUT2D eigenvalue weighted by Gasteiger charge is -2.23. The zero-order valence-electron chi connectivity index (χ0n) is 18.5. The summed E-state index contributed by atoms with van der Waals surface area (Å²) in [6.07, 6.45) is 0. The molecule has 1 aliphatic heterocycles. The van der Waals surface area contributed by atoms with Crippen LogP contribution in [0.1, 0.15) is 36.7 Å². The monoisotopic (exact) mass is 461 g/mol. The molecule has 0 radical (unpaired) electrons. The Labute approximate surface area is 193 Å². The summed E-state index contributed by atoms with van der Waals surface area (Å²) in [5, 5.41) is 0.681. The van der Waals surface area contributed by atoms with Crippen molar-refractivity contribution in [3.05, 3.63) is 47.5 Å². The molecule has 0 spiro atoms. The number of ether oxygens (including phenoxy) is 2. The molecule has 166 valence electrons. The van der Waals surface area contributed by atoms with Gasteiger partial charge in [-0.25, -0.2) is 4.98 Å². The van der Waals surface area contributed by atoms with Crippen LogP contribution < -0.4 is 14.4 Å². The highest BCUT2D eigenvalue weighted by molar-refractivity contribution is 7.22. The van der Waals surface area contributed by atoms with E-state index in [1.54, 1.807) is 4.90 Å². The van der Waals surface area contributed by atoms with E-state index in [9.17, 15) is 4.79 Å². The van der Waals surface area contributed by atoms with Gasteiger partial charge in [0.05, 0.1) is 10.2 Å². The number of aromatic nitrogens is 1. The first kappa shape index (κ1) is 23.3. The van der Waals surface area contributed by atoms with Crippen molar-refractivity contribution in [1.82, 2.24) is 9.88 Å². The summed E-state index contributed by atoms with van der Waals surface area (Å²) in [6.45, 7) is 8.03. The van der Waals surface area contributed by atoms with E-state index in [4.69, 9.17) is 14.5 Å². The number of benzene rings is 2. The molecular weight excluding hydrogens is 434 g/mol. The second kappa shape index (κ2) is 9.02. The molecule has 4 rings (SSSR count). The molecular formula is C23H28ClN3O3S. The molecule has 0 bridgehead atoms. The van der Waals surface area contributed by atoms with Crippen LogP contribution in [0.15, 0.2) is 36.4 Å². The lowest BCUT2D eigenvalue weighted by molar-refractivity contribution is 0.0985. The van der Waals surface area contributed by atoms with Crippen LogP contribution in [-0.2, 0) is 5.41 Å². The van der Waals surface area contributed by atoms with Gasteiger partial charge in [0.25, 0.3) is 5.91 Å². The molecule has 0 saturated carbocycles. The fourth-order valence-corrected chi connectivity index (χ4v) is 4.27. The van der Waals surface area contributed by atoms with Crippen LogP contribution in [0.3, 0.4) is 0 Å². The number of likely N-dealkylation sites (N-methyl/N-ethyl adjacent to an activating group) is 1. The van der Waals surface area contributed by atoms with E-state index in [2.05, 4.69) is 25.7 Å². The summed E-state index contributed by atoms with van der Waals surface area (Å²) in [4.78, 5) is 22.0. The minimum atomic E-state index is -0.0450. The third-order valence-corrected chi connectivity index (χ3v) is 6.16. The van der Waals surface area contributed by atoms with Gasteiger partial charge in [0.1, 0.15) is 0 Å². The van der Waals surface area contributed by atoms with Crippen LogP contribution in [0.4, 0.5) is 5.13 Å². The summed E-state index contributed by atoms with van der Waals surface area (Å²) >= 11 is 1.49. The molecule has 0 aliphatic carbocycles. The van der Waals surface area contributed by atoms with Crippen molar-refractivity contribution >= 4 is 45.0 Å². The summed E-state index contributed by atoms with van der Waals surface area (Å²) in [7, 11) is 4.00. The van der Waals surface area contributed by atoms with Gasteiger partial charge in [-0.3, -0.25) is 9.69 Å². The molecule has 0 unspecified atom stereocenters. The van der Waals surface area contributed by atoms with Crippen LogP contribution in [0.2, 0.25) is 0 Å². The van der Waals surface area contributed by atoms with Gasteiger partial charge in [0.15, 0.2) is 16.6 Å². The van der Waals surface area contributed by atoms with Crippen molar-refractivity contribution in [3.63, 3.8) is 0 Å². The van der Waals surface area contributed by atoms with Gasteiger partial charge in [-0.2, -0.15) is 0 Å². The molecule has 0 fully saturated rings. The smallest absolute Gasteiger partial charge is 0.260 e. The lowest BCUT2D eigenvalue weighted by Crippen LogP contribution is -2.36. The van der Waals surface area contributed by atoms with E-state index >= 15 is 0 Å². The molecule has 31 heavy (non-hydrogen) atoms. The Hall–Kier alpha value is -2.35. The van der Waals surface area contributed by atoms with Crippen LogP contribution in [0.25, 0.3) is 10.2 Å². The van der Waals surface area contributed by atoms with Crippen molar-refractivity contribution in [2.24, 2.45) is 0 Å². The topological polar surface area (TPSA) is 54.9 Å². The molecule has 1 amide bonds. The molecule has 6 nitrogen and oxygen atoms in total. The predicted molar refractivity (Wildman–Crippen MR) is 128 cm³/mol. The Morgan fingerprint density at radius 1 is 1.06 bits per heavy atom. The average Bonchev–Trinajstić information content (AvgIpc) is 3.30. The number of hydrogen-bond acceptors (Lipinski definition) is 6. The fourth-order valence-electron chi connectivity index (χ4n) is 3.27. The number of carbonyl (C=O) groups is 1. The predicted octanol–water partition coefficient (Wildman–Crippen LogP) is 4.95. The van der Waals surface area contributed by atoms with E-state index in [0.29, 0.717) is 23.0 Å². The zero-order valence-corrected chi connectivity index (χ0v) is 20.1. The Bertz CT molecular complexity index is 1030. The number of nitrogens with zero attached hydrogens (tertiary/aromatic N) is 3. The number of fused-ring (bicyclic) bond motifs is 2. The minimum Gasteiger partial charge on any atom is -0.454 e. The molecule has 2 heterocycles. The largest absolute Gasteiger partial charge is 0.454 e. The number of amides is 1. The summed E-state index contributed by atoms with van der Waals surface area (Å²) in [6, 6.07) is 11.7. The fraction of sp³-hybridized carbons (Fsp3) is 0.391. The van der Waals surface area contributed by atoms with Gasteiger partial charge in [-0.15, -0.1) is 12.4 Å². The van der Waals surface area contributed by atoms with Gasteiger partial charge in [0.2, 0.25) is 6.79 Å². The maximum Gasteiger partial charge on any atom is 0.260 e. The first-order chi connectivity index (χ1) is 14.2. The second-order valence-electron chi connectivity index (χ2n) is 8.76. The highest BCUT2D eigenvalue weighted by atomic mass is 35.5. The second-order valence-corrected chi connectivity index (χ2v) is 9.77. The molecule has 0 atom stereocenters. The normalized spacial score (nSPS) is 12.8. The molecule has 0 N–H and O–H groups in total. The van der Waals surface area contributed by atoms with Gasteiger partial charge in [-0.1, -0.05) is 44.2 Å². The zero-order chi connectivity index (χ0) is 21.5. The van der Waals surface area contributed by atoms with Crippen molar-refractivity contribution in [1.29, 1.82) is 0 Å². The van der Waals surface area contributed by atoms with Crippen molar-refractivity contribution in [2.75, 3.05) is 38.9 Å². The van der Waals surface area contributed by atoms with Gasteiger partial charge >= 0.3 is 0 Å². The Balaban J connectivity index is 0.00000272. The maximum absolute atomic E-state index is 13.4. The lowest BCUT2D eigenvalue weighted by atomic mass is 9.86. The Morgan fingerprint density at radius 3 is 2.32 bits per heavy atom. The Morgan fingerprint density at radius 2 is 1.71 bits per heavy atom. The Kier molecular flexibility index (Phi) is 6.79. The quantitative estimate of drug-likeness (QED) is 0.538. The number of carbonyl (C=O) groups excluding carboxylic acids is 1. The van der Waals surface area contributed by atoms with E-state index in [1.165, 1.54) is 16.9 Å². The number of thiazole rings is 1. The van der Waals surface area contributed by atoms with Crippen molar-refractivity contribution in [2.45, 2.75) is 26.2 Å². The van der Waals surface area contributed by atoms with E-state index < -0.39 is 0 Å². The van der Waals surface area contributed by atoms with Crippen LogP contribution >= 0.6 is 23.7 Å². The van der Waals surface area contributed by atoms with Gasteiger partial charge in [-0.05, 0) is 37.2 Å². The molecule has 2 aromatic carbocycles. The maximum atomic E-state index is 13.4. The summed E-state index contributed by atoms with van der Waals surface area (Å²) < 4.78 is 11.9. The van der Waals surface area contributed by atoms with Crippen LogP contribution in [0.5, 0.6) is 11.5 Å². The van der Waals surface area contributed by atoms with Crippen molar-refractivity contribution in [3.8, 4) is 11.5 Å². The average molecular weight is 462 g/mol.